The molecule has 0 radical (unpaired) electrons. The van der Waals surface area contributed by atoms with Crippen molar-refractivity contribution in [2.45, 2.75) is 18.8 Å². The number of carbonyl (C=O) groups excluding carboxylic acids is 1. The van der Waals surface area contributed by atoms with E-state index in [1.165, 1.54) is 24.3 Å². The number of nitrogens with zero attached hydrogens (tertiary/aromatic N) is 4. The van der Waals surface area contributed by atoms with Crippen LogP contribution in [0.4, 0.5) is 25.2 Å². The molecule has 2 N–H and O–H groups in total. The fourth-order valence-corrected chi connectivity index (χ4v) is 5.96. The highest BCUT2D eigenvalue weighted by molar-refractivity contribution is 7.92. The topological polar surface area (TPSA) is 117 Å². The Labute approximate surface area is 264 Å². The first-order chi connectivity index (χ1) is 21.6. The Balaban J connectivity index is 1.32. The van der Waals surface area contributed by atoms with Crippen LogP contribution in [0.15, 0.2) is 97.2 Å². The molecule has 0 aliphatic carbocycles. The third-order valence-corrected chi connectivity index (χ3v) is 8.33. The molecule has 0 bridgehead atoms. The Hall–Kier alpha value is -4.75. The molecule has 0 atom stereocenters. The number of benzene rings is 3. The van der Waals surface area contributed by atoms with Crippen LogP contribution < -0.4 is 10.0 Å². The van der Waals surface area contributed by atoms with Gasteiger partial charge in [-0.3, -0.25) is 15.0 Å². The Morgan fingerprint density at radius 3 is 2.11 bits per heavy atom. The summed E-state index contributed by atoms with van der Waals surface area (Å²) in [5.41, 5.74) is 3.64. The van der Waals surface area contributed by atoms with Crippen molar-refractivity contribution in [2.24, 2.45) is 0 Å². The first-order valence-electron chi connectivity index (χ1n) is 14.0. The second kappa shape index (κ2) is 14.4. The first kappa shape index (κ1) is 31.7. The molecule has 5 aromatic rings. The number of nitrogens with one attached hydrogen (secondary N) is 2. The van der Waals surface area contributed by atoms with Crippen LogP contribution in [-0.2, 0) is 16.4 Å². The van der Waals surface area contributed by atoms with Gasteiger partial charge in [0.15, 0.2) is 0 Å². The molecule has 0 fully saturated rings. The van der Waals surface area contributed by atoms with Crippen LogP contribution in [0.5, 0.6) is 0 Å². The van der Waals surface area contributed by atoms with E-state index < -0.39 is 16.1 Å². The number of hydrogen-bond donors (Lipinski definition) is 2. The fourth-order valence-electron chi connectivity index (χ4n) is 4.77. The highest BCUT2D eigenvalue weighted by Crippen LogP contribution is 2.29. The zero-order chi connectivity index (χ0) is 31.8. The van der Waals surface area contributed by atoms with Gasteiger partial charge in [0.1, 0.15) is 16.6 Å². The van der Waals surface area contributed by atoms with E-state index in [-0.39, 0.29) is 23.5 Å². The maximum atomic E-state index is 13.7. The molecular weight excluding hydrogens is 619 g/mol. The maximum absolute atomic E-state index is 13.7. The summed E-state index contributed by atoms with van der Waals surface area (Å²) in [6.45, 7) is 0.679. The van der Waals surface area contributed by atoms with E-state index in [1.807, 2.05) is 18.2 Å². The highest BCUT2D eigenvalue weighted by atomic mass is 32.2. The molecule has 13 heteroatoms. The van der Waals surface area contributed by atoms with E-state index in [0.717, 1.165) is 34.6 Å². The van der Waals surface area contributed by atoms with Gasteiger partial charge in [-0.25, -0.2) is 22.0 Å². The van der Waals surface area contributed by atoms with Crippen molar-refractivity contribution in [1.82, 2.24) is 19.2 Å². The summed E-state index contributed by atoms with van der Waals surface area (Å²) in [6.07, 6.45) is 3.77. The molecule has 2 aromatic heterocycles. The van der Waals surface area contributed by atoms with Crippen molar-refractivity contribution >= 4 is 39.2 Å². The zero-order valence-corrected chi connectivity index (χ0v) is 25.9. The summed E-state index contributed by atoms with van der Waals surface area (Å²) >= 11 is 1.10. The number of sulfonamides is 1. The quantitative estimate of drug-likeness (QED) is 0.159. The van der Waals surface area contributed by atoms with Crippen LogP contribution >= 0.6 is 11.5 Å². The summed E-state index contributed by atoms with van der Waals surface area (Å²) < 4.78 is 57.1. The van der Waals surface area contributed by atoms with Gasteiger partial charge in [-0.2, -0.15) is 9.36 Å². The fraction of sp³-hybridized carbons (Fsp3) is 0.188. The van der Waals surface area contributed by atoms with Crippen molar-refractivity contribution in [1.29, 1.82) is 0 Å². The van der Waals surface area contributed by atoms with Crippen molar-refractivity contribution in [3.63, 3.8) is 0 Å². The number of anilines is 2. The van der Waals surface area contributed by atoms with E-state index in [2.05, 4.69) is 24.4 Å². The monoisotopic (exact) mass is 648 g/mol. The van der Waals surface area contributed by atoms with Crippen LogP contribution in [0.25, 0.3) is 10.6 Å². The highest BCUT2D eigenvalue weighted by Gasteiger charge is 2.21. The number of pyridine rings is 1. The summed E-state index contributed by atoms with van der Waals surface area (Å²) in [6, 6.07) is 24.2. The van der Waals surface area contributed by atoms with Gasteiger partial charge in [0.05, 0.1) is 6.26 Å². The Bertz CT molecular complexity index is 1770. The van der Waals surface area contributed by atoms with Gasteiger partial charge in [-0.05, 0) is 89.7 Å². The predicted molar refractivity (Wildman–Crippen MR) is 172 cm³/mol. The summed E-state index contributed by atoms with van der Waals surface area (Å²) in [4.78, 5) is 24.1. The van der Waals surface area contributed by atoms with E-state index in [1.54, 1.807) is 59.6 Å². The Morgan fingerprint density at radius 1 is 0.889 bits per heavy atom. The SMILES string of the molecule is CS(=O)(=O)Nc1ccc(-c2nc(NC(=O)N(CCc3ccccn3)CCC(c3ccc(F)cc3)c3ccc(F)cc3)ns2)cc1. The number of aromatic nitrogens is 3. The molecular formula is C32H30F2N6O3S2. The van der Waals surface area contributed by atoms with Gasteiger partial charge in [0.2, 0.25) is 16.0 Å². The lowest BCUT2D eigenvalue weighted by atomic mass is 9.88. The summed E-state index contributed by atoms with van der Waals surface area (Å²) in [7, 11) is -3.40. The van der Waals surface area contributed by atoms with Crippen LogP contribution in [-0.4, -0.2) is 53.0 Å². The molecule has 0 saturated heterocycles. The lowest BCUT2D eigenvalue weighted by molar-refractivity contribution is 0.210. The number of carbonyl (C=O) groups is 1. The molecule has 2 heterocycles. The molecule has 0 aliphatic rings. The van der Waals surface area contributed by atoms with E-state index >= 15 is 0 Å². The predicted octanol–water partition coefficient (Wildman–Crippen LogP) is 6.55. The normalized spacial score (nSPS) is 11.4. The summed E-state index contributed by atoms with van der Waals surface area (Å²) in [5.74, 6) is -0.801. The minimum Gasteiger partial charge on any atom is -0.324 e. The third kappa shape index (κ3) is 9.13. The first-order valence-corrected chi connectivity index (χ1v) is 16.7. The van der Waals surface area contributed by atoms with Crippen molar-refractivity contribution in [3.8, 4) is 10.6 Å². The van der Waals surface area contributed by atoms with Crippen LogP contribution in [0.2, 0.25) is 0 Å². The minimum absolute atomic E-state index is 0.134. The molecule has 2 amide bonds. The Morgan fingerprint density at radius 2 is 1.53 bits per heavy atom. The molecule has 45 heavy (non-hydrogen) atoms. The number of urea groups is 1. The molecule has 9 nitrogen and oxygen atoms in total. The molecule has 0 aliphatic heterocycles. The number of amides is 2. The average molecular weight is 649 g/mol. The third-order valence-electron chi connectivity index (χ3n) is 6.96. The van der Waals surface area contributed by atoms with Gasteiger partial charge < -0.3 is 4.90 Å². The van der Waals surface area contributed by atoms with Crippen molar-refractivity contribution < 1.29 is 22.0 Å². The smallest absolute Gasteiger partial charge is 0.324 e. The second-order valence-corrected chi connectivity index (χ2v) is 12.8. The van der Waals surface area contributed by atoms with E-state index in [9.17, 15) is 22.0 Å². The molecule has 0 saturated carbocycles. The largest absolute Gasteiger partial charge is 0.324 e. The molecule has 5 rings (SSSR count). The van der Waals surface area contributed by atoms with Gasteiger partial charge in [-0.1, -0.05) is 30.3 Å². The van der Waals surface area contributed by atoms with Gasteiger partial charge >= 0.3 is 6.03 Å². The lowest BCUT2D eigenvalue weighted by Gasteiger charge is -2.26. The van der Waals surface area contributed by atoms with Gasteiger partial charge in [0.25, 0.3) is 0 Å². The van der Waals surface area contributed by atoms with E-state index in [4.69, 9.17) is 0 Å². The van der Waals surface area contributed by atoms with Crippen molar-refractivity contribution in [2.75, 3.05) is 29.4 Å². The number of halogens is 2. The number of rotatable bonds is 12. The molecule has 232 valence electrons. The average Bonchev–Trinajstić information content (AvgIpc) is 3.48. The molecule has 0 unspecified atom stereocenters. The molecule has 0 spiro atoms. The van der Waals surface area contributed by atoms with Crippen molar-refractivity contribution in [3.05, 3.63) is 126 Å². The van der Waals surface area contributed by atoms with Gasteiger partial charge in [-0.15, -0.1) is 0 Å². The van der Waals surface area contributed by atoms with E-state index in [0.29, 0.717) is 42.2 Å². The molecule has 3 aromatic carbocycles. The second-order valence-electron chi connectivity index (χ2n) is 10.3. The van der Waals surface area contributed by atoms with Crippen LogP contribution in [0.1, 0.15) is 29.2 Å². The number of hydrogen-bond acceptors (Lipinski definition) is 7. The lowest BCUT2D eigenvalue weighted by Crippen LogP contribution is -2.38. The zero-order valence-electron chi connectivity index (χ0n) is 24.2. The standard InChI is InChI=1S/C32H30F2N6O3S2/c1-45(42,43)39-28-15-9-24(10-16-28)30-36-31(38-44-30)37-32(41)40(20-17-27-4-2-3-19-35-27)21-18-29(22-5-11-25(33)12-6-22)23-7-13-26(34)14-8-23/h2-16,19,29,39H,17-18,20-21H2,1H3,(H,37,38,41). The van der Waals surface area contributed by atoms with Crippen LogP contribution in [0, 0.1) is 11.6 Å². The maximum Gasteiger partial charge on any atom is 0.324 e. The summed E-state index contributed by atoms with van der Waals surface area (Å²) in [5, 5.41) is 3.34. The minimum atomic E-state index is -3.40. The Kier molecular flexibility index (Phi) is 10.1. The van der Waals surface area contributed by atoms with Gasteiger partial charge in [0, 0.05) is 48.6 Å². The van der Waals surface area contributed by atoms with Crippen LogP contribution in [0.3, 0.4) is 0 Å².